The number of carbonyl (C=O) groups is 2. The predicted octanol–water partition coefficient (Wildman–Crippen LogP) is 2.89. The SMILES string of the molecule is CCOC(=O)c1nc2ccccc2nc1N1CCCN(C(=O)c2ccc3c(c2)OCO3)CC1. The van der Waals surface area contributed by atoms with Crippen LogP contribution in [0, 0.1) is 0 Å². The number of para-hydroxylation sites is 2. The molecule has 0 bridgehead atoms. The molecule has 0 spiro atoms. The fraction of sp³-hybridized carbons (Fsp3) is 0.333. The van der Waals surface area contributed by atoms with Crippen molar-refractivity contribution in [2.24, 2.45) is 0 Å². The van der Waals surface area contributed by atoms with Crippen LogP contribution in [0.1, 0.15) is 34.2 Å². The van der Waals surface area contributed by atoms with Gasteiger partial charge in [0.05, 0.1) is 17.6 Å². The van der Waals surface area contributed by atoms with Crippen molar-refractivity contribution in [2.45, 2.75) is 13.3 Å². The summed E-state index contributed by atoms with van der Waals surface area (Å²) >= 11 is 0. The van der Waals surface area contributed by atoms with Gasteiger partial charge in [0.15, 0.2) is 23.0 Å². The highest BCUT2D eigenvalue weighted by Gasteiger charge is 2.27. The number of aromatic nitrogens is 2. The Labute approximate surface area is 190 Å². The number of fused-ring (bicyclic) bond motifs is 2. The van der Waals surface area contributed by atoms with Crippen LogP contribution in [0.2, 0.25) is 0 Å². The van der Waals surface area contributed by atoms with Gasteiger partial charge in [-0.25, -0.2) is 14.8 Å². The number of hydrogen-bond donors (Lipinski definition) is 0. The molecule has 5 rings (SSSR count). The lowest BCUT2D eigenvalue weighted by molar-refractivity contribution is 0.0520. The molecule has 170 valence electrons. The Morgan fingerprint density at radius 1 is 0.970 bits per heavy atom. The minimum Gasteiger partial charge on any atom is -0.461 e. The van der Waals surface area contributed by atoms with Gasteiger partial charge in [-0.15, -0.1) is 0 Å². The first kappa shape index (κ1) is 21.0. The standard InChI is InChI=1S/C24H24N4O5/c1-2-31-24(30)21-22(26-18-7-4-3-6-17(18)25-21)27-10-5-11-28(13-12-27)23(29)16-8-9-19-20(14-16)33-15-32-19/h3-4,6-9,14H,2,5,10-13,15H2,1H3. The molecule has 0 aliphatic carbocycles. The lowest BCUT2D eigenvalue weighted by atomic mass is 10.1. The fourth-order valence-corrected chi connectivity index (χ4v) is 4.09. The van der Waals surface area contributed by atoms with Crippen LogP contribution < -0.4 is 14.4 Å². The molecule has 1 fully saturated rings. The number of nitrogens with zero attached hydrogens (tertiary/aromatic N) is 4. The Hall–Kier alpha value is -3.88. The summed E-state index contributed by atoms with van der Waals surface area (Å²) in [5.74, 6) is 1.16. The van der Waals surface area contributed by atoms with Crippen molar-refractivity contribution in [1.82, 2.24) is 14.9 Å². The smallest absolute Gasteiger partial charge is 0.360 e. The van der Waals surface area contributed by atoms with Crippen LogP contribution in [-0.4, -0.2) is 66.3 Å². The molecule has 33 heavy (non-hydrogen) atoms. The number of carbonyl (C=O) groups excluding carboxylic acids is 2. The molecular formula is C24H24N4O5. The zero-order valence-corrected chi connectivity index (χ0v) is 18.3. The highest BCUT2D eigenvalue weighted by Crippen LogP contribution is 2.33. The minimum atomic E-state index is -0.497. The highest BCUT2D eigenvalue weighted by molar-refractivity contribution is 5.96. The lowest BCUT2D eigenvalue weighted by Gasteiger charge is -2.24. The van der Waals surface area contributed by atoms with E-state index in [1.807, 2.05) is 34.1 Å². The Balaban J connectivity index is 1.39. The third-order valence-electron chi connectivity index (χ3n) is 5.72. The molecular weight excluding hydrogens is 424 g/mol. The molecule has 9 heteroatoms. The molecule has 0 saturated carbocycles. The molecule has 2 aliphatic rings. The summed E-state index contributed by atoms with van der Waals surface area (Å²) in [6.07, 6.45) is 0.729. The van der Waals surface area contributed by atoms with Gasteiger partial charge in [0.1, 0.15) is 0 Å². The van der Waals surface area contributed by atoms with Crippen LogP contribution >= 0.6 is 0 Å². The van der Waals surface area contributed by atoms with Crippen molar-refractivity contribution >= 4 is 28.7 Å². The Kier molecular flexibility index (Phi) is 5.68. The van der Waals surface area contributed by atoms with E-state index in [2.05, 4.69) is 4.98 Å². The van der Waals surface area contributed by atoms with Gasteiger partial charge in [-0.3, -0.25) is 4.79 Å². The van der Waals surface area contributed by atoms with Gasteiger partial charge in [-0.1, -0.05) is 12.1 Å². The second-order valence-electron chi connectivity index (χ2n) is 7.81. The van der Waals surface area contributed by atoms with Gasteiger partial charge < -0.3 is 24.0 Å². The first-order chi connectivity index (χ1) is 16.1. The number of ether oxygens (including phenoxy) is 3. The minimum absolute atomic E-state index is 0.0645. The van der Waals surface area contributed by atoms with Gasteiger partial charge in [0.2, 0.25) is 6.79 Å². The van der Waals surface area contributed by atoms with Crippen molar-refractivity contribution in [2.75, 3.05) is 44.5 Å². The number of rotatable bonds is 4. The molecule has 3 aromatic rings. The normalized spacial score (nSPS) is 15.4. The first-order valence-electron chi connectivity index (χ1n) is 11.0. The van der Waals surface area contributed by atoms with E-state index in [0.717, 1.165) is 6.42 Å². The van der Waals surface area contributed by atoms with Crippen molar-refractivity contribution in [3.8, 4) is 11.5 Å². The van der Waals surface area contributed by atoms with E-state index in [9.17, 15) is 9.59 Å². The Morgan fingerprint density at radius 3 is 2.58 bits per heavy atom. The monoisotopic (exact) mass is 448 g/mol. The maximum atomic E-state index is 13.1. The number of benzene rings is 2. The summed E-state index contributed by atoms with van der Waals surface area (Å²) in [5.41, 5.74) is 2.10. The number of hydrogen-bond acceptors (Lipinski definition) is 8. The van der Waals surface area contributed by atoms with Gasteiger partial charge in [-0.05, 0) is 43.7 Å². The molecule has 0 unspecified atom stereocenters. The quantitative estimate of drug-likeness (QED) is 0.563. The molecule has 1 amide bonds. The molecule has 0 radical (unpaired) electrons. The van der Waals surface area contributed by atoms with Crippen molar-refractivity contribution in [3.05, 3.63) is 53.7 Å². The zero-order chi connectivity index (χ0) is 22.8. The van der Waals surface area contributed by atoms with E-state index in [1.165, 1.54) is 0 Å². The van der Waals surface area contributed by atoms with E-state index in [1.54, 1.807) is 25.1 Å². The summed E-state index contributed by atoms with van der Waals surface area (Å²) in [7, 11) is 0. The van der Waals surface area contributed by atoms with Crippen LogP contribution in [-0.2, 0) is 4.74 Å². The van der Waals surface area contributed by atoms with Crippen LogP contribution in [0.3, 0.4) is 0 Å². The Bertz CT molecular complexity index is 1210. The first-order valence-corrected chi connectivity index (χ1v) is 11.0. The highest BCUT2D eigenvalue weighted by atomic mass is 16.7. The van der Waals surface area contributed by atoms with Crippen molar-refractivity contribution < 1.29 is 23.8 Å². The fourth-order valence-electron chi connectivity index (χ4n) is 4.09. The predicted molar refractivity (Wildman–Crippen MR) is 121 cm³/mol. The average Bonchev–Trinajstić information content (AvgIpc) is 3.18. The van der Waals surface area contributed by atoms with E-state index in [4.69, 9.17) is 19.2 Å². The maximum Gasteiger partial charge on any atom is 0.360 e. The van der Waals surface area contributed by atoms with Gasteiger partial charge in [-0.2, -0.15) is 0 Å². The Morgan fingerprint density at radius 2 is 1.76 bits per heavy atom. The van der Waals surface area contributed by atoms with E-state index < -0.39 is 5.97 Å². The average molecular weight is 448 g/mol. The van der Waals surface area contributed by atoms with E-state index in [-0.39, 0.29) is 25.0 Å². The number of anilines is 1. The largest absolute Gasteiger partial charge is 0.461 e. The topological polar surface area (TPSA) is 94.1 Å². The summed E-state index contributed by atoms with van der Waals surface area (Å²) in [4.78, 5) is 38.9. The van der Waals surface area contributed by atoms with Gasteiger partial charge >= 0.3 is 5.97 Å². The van der Waals surface area contributed by atoms with Gasteiger partial charge in [0, 0.05) is 31.7 Å². The molecule has 9 nitrogen and oxygen atoms in total. The molecule has 3 heterocycles. The number of amides is 1. The molecule has 2 aromatic carbocycles. The van der Waals surface area contributed by atoms with E-state index in [0.29, 0.717) is 60.1 Å². The van der Waals surface area contributed by atoms with Crippen LogP contribution in [0.4, 0.5) is 5.82 Å². The summed E-state index contributed by atoms with van der Waals surface area (Å²) in [6.45, 7) is 4.44. The van der Waals surface area contributed by atoms with Gasteiger partial charge in [0.25, 0.3) is 5.91 Å². The third-order valence-corrected chi connectivity index (χ3v) is 5.72. The second-order valence-corrected chi connectivity index (χ2v) is 7.81. The van der Waals surface area contributed by atoms with Crippen molar-refractivity contribution in [1.29, 1.82) is 0 Å². The second kappa shape index (κ2) is 8.93. The summed E-state index contributed by atoms with van der Waals surface area (Å²) < 4.78 is 16.0. The zero-order valence-electron chi connectivity index (χ0n) is 18.3. The molecule has 0 N–H and O–H groups in total. The van der Waals surface area contributed by atoms with Crippen LogP contribution in [0.15, 0.2) is 42.5 Å². The molecule has 1 saturated heterocycles. The third kappa shape index (κ3) is 4.13. The molecule has 2 aliphatic heterocycles. The molecule has 1 aromatic heterocycles. The number of esters is 1. The molecule has 0 atom stereocenters. The summed E-state index contributed by atoms with van der Waals surface area (Å²) in [6, 6.07) is 12.7. The summed E-state index contributed by atoms with van der Waals surface area (Å²) in [5, 5.41) is 0. The maximum absolute atomic E-state index is 13.1. The van der Waals surface area contributed by atoms with Crippen molar-refractivity contribution in [3.63, 3.8) is 0 Å². The lowest BCUT2D eigenvalue weighted by Crippen LogP contribution is -2.36. The van der Waals surface area contributed by atoms with Crippen LogP contribution in [0.25, 0.3) is 11.0 Å². The van der Waals surface area contributed by atoms with E-state index >= 15 is 0 Å². The van der Waals surface area contributed by atoms with Crippen LogP contribution in [0.5, 0.6) is 11.5 Å².